The normalized spacial score (nSPS) is 13.2. The molecule has 6 heteroatoms. The van der Waals surface area contributed by atoms with E-state index in [1.54, 1.807) is 18.2 Å². The minimum atomic E-state index is -1.10. The quantitative estimate of drug-likeness (QED) is 0.903. The summed E-state index contributed by atoms with van der Waals surface area (Å²) in [6, 6.07) is 8.30. The Morgan fingerprint density at radius 1 is 1.19 bits per heavy atom. The molecule has 2 N–H and O–H groups in total. The topological polar surface area (TPSA) is 88.5 Å². The van der Waals surface area contributed by atoms with Gasteiger partial charge in [-0.15, -0.1) is 0 Å². The molecule has 1 aromatic carbocycles. The summed E-state index contributed by atoms with van der Waals surface area (Å²) in [6.07, 6.45) is 2.50. The molecule has 1 aliphatic heterocycles. The Kier molecular flexibility index (Phi) is 3.27. The Labute approximate surface area is 120 Å². The van der Waals surface area contributed by atoms with Crippen LogP contribution in [0.1, 0.15) is 22.5 Å². The monoisotopic (exact) mass is 284 g/mol. The fourth-order valence-electron chi connectivity index (χ4n) is 2.15. The highest BCUT2D eigenvalue weighted by molar-refractivity contribution is 5.94. The number of fused-ring (bicyclic) bond motifs is 1. The lowest BCUT2D eigenvalue weighted by molar-refractivity contribution is -0.116. The van der Waals surface area contributed by atoms with Crippen LogP contribution in [0.2, 0.25) is 0 Å². The molecule has 0 fully saturated rings. The molecule has 1 amide bonds. The van der Waals surface area contributed by atoms with Gasteiger partial charge in [0.2, 0.25) is 5.91 Å². The molecule has 21 heavy (non-hydrogen) atoms. The molecule has 106 valence electrons. The third-order valence-electron chi connectivity index (χ3n) is 3.16. The number of amides is 1. The zero-order valence-electron chi connectivity index (χ0n) is 11.0. The molecule has 0 bridgehead atoms. The van der Waals surface area contributed by atoms with Gasteiger partial charge in [-0.25, -0.2) is 9.78 Å². The van der Waals surface area contributed by atoms with E-state index in [-0.39, 0.29) is 11.6 Å². The maximum absolute atomic E-state index is 11.3. The summed E-state index contributed by atoms with van der Waals surface area (Å²) in [7, 11) is 0. The van der Waals surface area contributed by atoms with E-state index in [0.717, 1.165) is 11.3 Å². The number of carboxylic acids is 1. The molecular formula is C15H12N2O4. The maximum Gasteiger partial charge on any atom is 0.354 e. The number of aryl methyl sites for hydroxylation is 1. The summed E-state index contributed by atoms with van der Waals surface area (Å²) >= 11 is 0. The van der Waals surface area contributed by atoms with Crippen molar-refractivity contribution >= 4 is 17.6 Å². The van der Waals surface area contributed by atoms with Gasteiger partial charge in [-0.05, 0) is 36.2 Å². The Balaban J connectivity index is 1.84. The Bertz CT molecular complexity index is 727. The van der Waals surface area contributed by atoms with Crippen LogP contribution in [0.25, 0.3) is 0 Å². The first-order chi connectivity index (χ1) is 10.1. The van der Waals surface area contributed by atoms with Gasteiger partial charge in [-0.3, -0.25) is 4.79 Å². The van der Waals surface area contributed by atoms with E-state index in [9.17, 15) is 9.59 Å². The number of nitrogens with one attached hydrogen (secondary N) is 1. The van der Waals surface area contributed by atoms with Gasteiger partial charge < -0.3 is 15.2 Å². The average Bonchev–Trinajstić information content (AvgIpc) is 2.48. The fraction of sp³-hybridized carbons (Fsp3) is 0.133. The van der Waals surface area contributed by atoms with E-state index in [4.69, 9.17) is 9.84 Å². The van der Waals surface area contributed by atoms with Gasteiger partial charge in [-0.2, -0.15) is 0 Å². The number of benzene rings is 1. The summed E-state index contributed by atoms with van der Waals surface area (Å²) in [4.78, 5) is 25.9. The van der Waals surface area contributed by atoms with Crippen LogP contribution in [0.3, 0.4) is 0 Å². The van der Waals surface area contributed by atoms with Crippen LogP contribution in [0.4, 0.5) is 5.69 Å². The van der Waals surface area contributed by atoms with Crippen LogP contribution in [-0.2, 0) is 11.2 Å². The zero-order valence-corrected chi connectivity index (χ0v) is 11.0. The molecule has 1 aliphatic rings. The number of aromatic nitrogens is 1. The molecule has 0 atom stereocenters. The summed E-state index contributed by atoms with van der Waals surface area (Å²) in [5.41, 5.74) is 1.72. The van der Waals surface area contributed by atoms with Crippen molar-refractivity contribution in [3.8, 4) is 11.5 Å². The predicted octanol–water partition coefficient (Wildman–Crippen LogP) is 2.46. The molecule has 2 aromatic rings. The van der Waals surface area contributed by atoms with Gasteiger partial charge in [0.25, 0.3) is 0 Å². The number of nitrogens with zero attached hydrogens (tertiary/aromatic N) is 1. The summed E-state index contributed by atoms with van der Waals surface area (Å²) in [5, 5.41) is 11.7. The number of ether oxygens (including phenoxy) is 1. The van der Waals surface area contributed by atoms with Crippen LogP contribution >= 0.6 is 0 Å². The van der Waals surface area contributed by atoms with Crippen molar-refractivity contribution < 1.29 is 19.4 Å². The third kappa shape index (κ3) is 2.84. The van der Waals surface area contributed by atoms with Gasteiger partial charge in [-0.1, -0.05) is 0 Å². The molecule has 0 spiro atoms. The van der Waals surface area contributed by atoms with E-state index in [1.807, 2.05) is 6.07 Å². The molecule has 2 heterocycles. The molecule has 0 saturated carbocycles. The van der Waals surface area contributed by atoms with Gasteiger partial charge in [0.05, 0.1) is 0 Å². The SMILES string of the molecule is O=C1CCc2cc(Oc3ccnc(C(=O)O)c3)ccc2N1. The standard InChI is InChI=1S/C15H12N2O4/c18-14-4-1-9-7-10(2-3-12(9)17-14)21-11-5-6-16-13(8-11)15(19)20/h2-3,5-8H,1,4H2,(H,17,18)(H,19,20). The van der Waals surface area contributed by atoms with E-state index < -0.39 is 5.97 Å². The van der Waals surface area contributed by atoms with Gasteiger partial charge in [0.1, 0.15) is 11.5 Å². The number of aromatic carboxylic acids is 1. The number of carbonyl (C=O) groups is 2. The van der Waals surface area contributed by atoms with Gasteiger partial charge in [0, 0.05) is 24.4 Å². The number of hydrogen-bond acceptors (Lipinski definition) is 4. The van der Waals surface area contributed by atoms with Crippen molar-refractivity contribution in [3.05, 3.63) is 47.8 Å². The summed E-state index contributed by atoms with van der Waals surface area (Å²) < 4.78 is 5.65. The number of hydrogen-bond donors (Lipinski definition) is 2. The first kappa shape index (κ1) is 13.1. The van der Waals surface area contributed by atoms with Crippen molar-refractivity contribution in [2.75, 3.05) is 5.32 Å². The largest absolute Gasteiger partial charge is 0.477 e. The highest BCUT2D eigenvalue weighted by atomic mass is 16.5. The highest BCUT2D eigenvalue weighted by Gasteiger charge is 2.15. The Morgan fingerprint density at radius 2 is 2.00 bits per heavy atom. The van der Waals surface area contributed by atoms with Crippen molar-refractivity contribution in [1.82, 2.24) is 4.98 Å². The average molecular weight is 284 g/mol. The first-order valence-electron chi connectivity index (χ1n) is 6.42. The van der Waals surface area contributed by atoms with Crippen LogP contribution < -0.4 is 10.1 Å². The van der Waals surface area contributed by atoms with E-state index in [2.05, 4.69) is 10.3 Å². The maximum atomic E-state index is 11.3. The smallest absolute Gasteiger partial charge is 0.354 e. The summed E-state index contributed by atoms with van der Waals surface area (Å²) in [5.74, 6) is -0.0976. The number of rotatable bonds is 3. The predicted molar refractivity (Wildman–Crippen MR) is 74.7 cm³/mol. The second-order valence-corrected chi connectivity index (χ2v) is 4.65. The van der Waals surface area contributed by atoms with Crippen molar-refractivity contribution in [1.29, 1.82) is 0 Å². The fourth-order valence-corrected chi connectivity index (χ4v) is 2.15. The van der Waals surface area contributed by atoms with Crippen LogP contribution in [0.5, 0.6) is 11.5 Å². The molecule has 6 nitrogen and oxygen atoms in total. The third-order valence-corrected chi connectivity index (χ3v) is 3.16. The Hall–Kier alpha value is -2.89. The minimum Gasteiger partial charge on any atom is -0.477 e. The first-order valence-corrected chi connectivity index (χ1v) is 6.42. The second kappa shape index (κ2) is 5.24. The lowest BCUT2D eigenvalue weighted by Crippen LogP contribution is -2.18. The number of pyridine rings is 1. The second-order valence-electron chi connectivity index (χ2n) is 4.65. The van der Waals surface area contributed by atoms with E-state index in [0.29, 0.717) is 24.3 Å². The van der Waals surface area contributed by atoms with E-state index >= 15 is 0 Å². The van der Waals surface area contributed by atoms with Crippen molar-refractivity contribution in [3.63, 3.8) is 0 Å². The van der Waals surface area contributed by atoms with Crippen molar-refractivity contribution in [2.24, 2.45) is 0 Å². The van der Waals surface area contributed by atoms with Crippen LogP contribution in [-0.4, -0.2) is 22.0 Å². The number of anilines is 1. The van der Waals surface area contributed by atoms with Gasteiger partial charge in [0.15, 0.2) is 5.69 Å². The van der Waals surface area contributed by atoms with Crippen molar-refractivity contribution in [2.45, 2.75) is 12.8 Å². The van der Waals surface area contributed by atoms with E-state index in [1.165, 1.54) is 12.3 Å². The zero-order chi connectivity index (χ0) is 14.8. The molecule has 1 aromatic heterocycles. The number of carboxylic acid groups (broad SMARTS) is 1. The molecule has 0 radical (unpaired) electrons. The highest BCUT2D eigenvalue weighted by Crippen LogP contribution is 2.29. The molecule has 0 unspecified atom stereocenters. The van der Waals surface area contributed by atoms with Gasteiger partial charge >= 0.3 is 5.97 Å². The molecule has 0 saturated heterocycles. The lowest BCUT2D eigenvalue weighted by Gasteiger charge is -2.17. The molecule has 3 rings (SSSR count). The number of carbonyl (C=O) groups excluding carboxylic acids is 1. The molecule has 0 aliphatic carbocycles. The molecular weight excluding hydrogens is 272 g/mol. The van der Waals surface area contributed by atoms with Crippen LogP contribution in [0, 0.1) is 0 Å². The minimum absolute atomic E-state index is 0.0106. The summed E-state index contributed by atoms with van der Waals surface area (Å²) in [6.45, 7) is 0. The Morgan fingerprint density at radius 3 is 2.81 bits per heavy atom. The lowest BCUT2D eigenvalue weighted by atomic mass is 10.0. The van der Waals surface area contributed by atoms with Crippen LogP contribution in [0.15, 0.2) is 36.5 Å².